The van der Waals surface area contributed by atoms with Gasteiger partial charge in [-0.05, 0) is 11.6 Å². The van der Waals surface area contributed by atoms with Crippen molar-refractivity contribution in [3.63, 3.8) is 0 Å². The van der Waals surface area contributed by atoms with Crippen LogP contribution in [0.15, 0.2) is 33.9 Å². The lowest BCUT2D eigenvalue weighted by molar-refractivity contribution is 0.117. The molecule has 0 radical (unpaired) electrons. The van der Waals surface area contributed by atoms with Gasteiger partial charge in [-0.2, -0.15) is 0 Å². The highest BCUT2D eigenvalue weighted by atomic mass is 35.5. The van der Waals surface area contributed by atoms with Crippen LogP contribution < -0.4 is 16.0 Å². The molecule has 0 amide bonds. The van der Waals surface area contributed by atoms with E-state index in [1.165, 1.54) is 7.05 Å². The molecule has 7 nitrogen and oxygen atoms in total. The largest absolute Gasteiger partial charge is 0.514 e. The third-order valence-electron chi connectivity index (χ3n) is 3.08. The molecule has 9 heteroatoms. The van der Waals surface area contributed by atoms with Gasteiger partial charge in [0.25, 0.3) is 5.56 Å². The number of methoxy groups -OCH3 is 1. The van der Waals surface area contributed by atoms with Crippen molar-refractivity contribution in [1.29, 1.82) is 0 Å². The number of halogens is 2. The molecule has 0 aliphatic heterocycles. The highest BCUT2D eigenvalue weighted by molar-refractivity contribution is 6.42. The van der Waals surface area contributed by atoms with E-state index in [4.69, 9.17) is 27.9 Å². The lowest BCUT2D eigenvalue weighted by Gasteiger charge is -2.12. The molecule has 0 saturated heterocycles. The van der Waals surface area contributed by atoms with Gasteiger partial charge in [0.15, 0.2) is 0 Å². The number of hydrogen-bond acceptors (Lipinski definition) is 5. The van der Waals surface area contributed by atoms with E-state index < -0.39 is 17.4 Å². The molecule has 1 heterocycles. The fraction of sp³-hybridized carbons (Fsp3) is 0.214. The van der Waals surface area contributed by atoms with Crippen LogP contribution in [0.4, 0.5) is 4.79 Å². The lowest BCUT2D eigenvalue weighted by atomic mass is 10.2. The highest BCUT2D eigenvalue weighted by Gasteiger charge is 2.15. The molecule has 0 N–H and O–H groups in total. The van der Waals surface area contributed by atoms with Crippen LogP contribution >= 0.6 is 23.2 Å². The SMILES string of the molecule is COC(=O)Oc1cc(=O)n(Cc2cccc(Cl)c2Cl)c(=O)n1C. The zero-order valence-electron chi connectivity index (χ0n) is 12.2. The van der Waals surface area contributed by atoms with Crippen molar-refractivity contribution in [2.24, 2.45) is 7.05 Å². The maximum absolute atomic E-state index is 12.3. The predicted molar refractivity (Wildman–Crippen MR) is 84.5 cm³/mol. The maximum Gasteiger partial charge on any atom is 0.514 e. The van der Waals surface area contributed by atoms with Gasteiger partial charge in [0.2, 0.25) is 5.88 Å². The number of benzene rings is 1. The fourth-order valence-electron chi connectivity index (χ4n) is 1.86. The molecule has 2 aromatic rings. The number of nitrogens with zero attached hydrogens (tertiary/aromatic N) is 2. The molecule has 1 aromatic carbocycles. The van der Waals surface area contributed by atoms with E-state index in [1.807, 2.05) is 0 Å². The number of ether oxygens (including phenoxy) is 2. The van der Waals surface area contributed by atoms with E-state index >= 15 is 0 Å². The first-order valence-corrected chi connectivity index (χ1v) is 7.10. The van der Waals surface area contributed by atoms with Crippen LogP contribution in [-0.4, -0.2) is 22.4 Å². The number of carbonyl (C=O) groups is 1. The van der Waals surface area contributed by atoms with E-state index in [1.54, 1.807) is 18.2 Å². The van der Waals surface area contributed by atoms with Gasteiger partial charge in [-0.25, -0.2) is 9.59 Å². The smallest absolute Gasteiger partial charge is 0.437 e. The monoisotopic (exact) mass is 358 g/mol. The summed E-state index contributed by atoms with van der Waals surface area (Å²) in [6.07, 6.45) is -1.03. The Morgan fingerprint density at radius 1 is 1.26 bits per heavy atom. The average Bonchev–Trinajstić information content (AvgIpc) is 2.52. The molecule has 0 bridgehead atoms. The minimum absolute atomic E-state index is 0.0661. The minimum Gasteiger partial charge on any atom is -0.437 e. The Kier molecular flexibility index (Phi) is 5.12. The molecule has 0 aliphatic rings. The molecule has 0 unspecified atom stereocenters. The Bertz CT molecular complexity index is 872. The van der Waals surface area contributed by atoms with Crippen LogP contribution in [0.25, 0.3) is 0 Å². The molecule has 0 fully saturated rings. The summed E-state index contributed by atoms with van der Waals surface area (Å²) in [5.74, 6) is -0.222. The third-order valence-corrected chi connectivity index (χ3v) is 3.93. The van der Waals surface area contributed by atoms with Gasteiger partial charge >= 0.3 is 11.8 Å². The highest BCUT2D eigenvalue weighted by Crippen LogP contribution is 2.25. The van der Waals surface area contributed by atoms with Gasteiger partial charge in [-0.3, -0.25) is 13.9 Å². The summed E-state index contributed by atoms with van der Waals surface area (Å²) in [6, 6.07) is 5.92. The number of carbonyl (C=O) groups excluding carboxylic acids is 1. The second-order valence-electron chi connectivity index (χ2n) is 4.52. The van der Waals surface area contributed by atoms with E-state index in [9.17, 15) is 14.4 Å². The summed E-state index contributed by atoms with van der Waals surface area (Å²) >= 11 is 12.0. The van der Waals surface area contributed by atoms with E-state index in [-0.39, 0.29) is 17.4 Å². The Morgan fingerprint density at radius 3 is 2.61 bits per heavy atom. The minimum atomic E-state index is -1.03. The summed E-state index contributed by atoms with van der Waals surface area (Å²) < 4.78 is 11.0. The van der Waals surface area contributed by atoms with Crippen molar-refractivity contribution in [3.05, 3.63) is 60.7 Å². The van der Waals surface area contributed by atoms with Crippen LogP contribution in [0.3, 0.4) is 0 Å². The van der Waals surface area contributed by atoms with E-state index in [0.29, 0.717) is 10.6 Å². The summed E-state index contributed by atoms with van der Waals surface area (Å²) in [4.78, 5) is 35.5. The van der Waals surface area contributed by atoms with Gasteiger partial charge in [0.05, 0.1) is 29.8 Å². The molecule has 2 rings (SSSR count). The Morgan fingerprint density at radius 2 is 1.96 bits per heavy atom. The topological polar surface area (TPSA) is 79.5 Å². The number of hydrogen-bond donors (Lipinski definition) is 0. The average molecular weight is 359 g/mol. The molecule has 122 valence electrons. The van der Waals surface area contributed by atoms with Crippen molar-refractivity contribution in [3.8, 4) is 5.88 Å². The van der Waals surface area contributed by atoms with Gasteiger partial charge in [-0.15, -0.1) is 0 Å². The Balaban J connectivity index is 2.47. The molecular weight excluding hydrogens is 347 g/mol. The van der Waals surface area contributed by atoms with E-state index in [0.717, 1.165) is 22.3 Å². The van der Waals surface area contributed by atoms with Gasteiger partial charge < -0.3 is 9.47 Å². The van der Waals surface area contributed by atoms with Crippen molar-refractivity contribution >= 4 is 29.4 Å². The van der Waals surface area contributed by atoms with Crippen molar-refractivity contribution in [2.45, 2.75) is 6.54 Å². The summed E-state index contributed by atoms with van der Waals surface area (Å²) in [6.45, 7) is -0.0661. The quantitative estimate of drug-likeness (QED) is 0.784. The van der Waals surface area contributed by atoms with Gasteiger partial charge in [0.1, 0.15) is 0 Å². The predicted octanol–water partition coefficient (Wildman–Crippen LogP) is 2.05. The number of aromatic nitrogens is 2. The fourth-order valence-corrected chi connectivity index (χ4v) is 2.24. The Hall–Kier alpha value is -2.25. The second-order valence-corrected chi connectivity index (χ2v) is 5.30. The molecule has 23 heavy (non-hydrogen) atoms. The van der Waals surface area contributed by atoms with Crippen molar-refractivity contribution in [1.82, 2.24) is 9.13 Å². The van der Waals surface area contributed by atoms with Crippen LogP contribution in [-0.2, 0) is 18.3 Å². The summed E-state index contributed by atoms with van der Waals surface area (Å²) in [5.41, 5.74) is -0.810. The molecule has 0 spiro atoms. The lowest BCUT2D eigenvalue weighted by Crippen LogP contribution is -2.39. The molecule has 0 atom stereocenters. The van der Waals surface area contributed by atoms with Crippen LogP contribution in [0.2, 0.25) is 10.0 Å². The van der Waals surface area contributed by atoms with Gasteiger partial charge in [-0.1, -0.05) is 35.3 Å². The standard InChI is InChI=1S/C14H12Cl2N2O5/c1-17-11(23-14(21)22-2)6-10(19)18(13(17)20)7-8-4-3-5-9(15)12(8)16/h3-6H,7H2,1-2H3. The van der Waals surface area contributed by atoms with Crippen LogP contribution in [0.5, 0.6) is 5.88 Å². The zero-order chi connectivity index (χ0) is 17.1. The summed E-state index contributed by atoms with van der Waals surface area (Å²) in [5, 5.41) is 0.581. The summed E-state index contributed by atoms with van der Waals surface area (Å²) in [7, 11) is 2.47. The maximum atomic E-state index is 12.3. The number of rotatable bonds is 3. The molecule has 0 saturated carbocycles. The molecule has 0 aliphatic carbocycles. The molecular formula is C14H12Cl2N2O5. The van der Waals surface area contributed by atoms with Crippen molar-refractivity contribution in [2.75, 3.05) is 7.11 Å². The second kappa shape index (κ2) is 6.89. The first kappa shape index (κ1) is 17.1. The first-order chi connectivity index (χ1) is 10.8. The normalized spacial score (nSPS) is 10.4. The molecule has 1 aromatic heterocycles. The van der Waals surface area contributed by atoms with E-state index in [2.05, 4.69) is 4.74 Å². The zero-order valence-corrected chi connectivity index (χ0v) is 13.7. The van der Waals surface area contributed by atoms with Gasteiger partial charge in [0, 0.05) is 7.05 Å². The van der Waals surface area contributed by atoms with Crippen molar-refractivity contribution < 1.29 is 14.3 Å². The van der Waals surface area contributed by atoms with Crippen LogP contribution in [0.1, 0.15) is 5.56 Å². The first-order valence-electron chi connectivity index (χ1n) is 6.34. The third kappa shape index (κ3) is 3.57. The van der Waals surface area contributed by atoms with Crippen LogP contribution in [0, 0.1) is 0 Å². The Labute approximate surface area is 140 Å².